The normalized spacial score (nSPS) is 12.0. The predicted molar refractivity (Wildman–Crippen MR) is 111 cm³/mol. The molecule has 0 bridgehead atoms. The van der Waals surface area contributed by atoms with Gasteiger partial charge in [0, 0.05) is 23.2 Å². The first-order valence-corrected chi connectivity index (χ1v) is 9.87. The Morgan fingerprint density at radius 1 is 0.962 bits per heavy atom. The zero-order chi connectivity index (χ0) is 18.2. The van der Waals surface area contributed by atoms with Crippen molar-refractivity contribution in [1.29, 1.82) is 0 Å². The van der Waals surface area contributed by atoms with Crippen molar-refractivity contribution in [3.05, 3.63) is 78.4 Å². The Kier molecular flexibility index (Phi) is 6.69. The third kappa shape index (κ3) is 5.35. The molecule has 0 saturated carbocycles. The van der Waals surface area contributed by atoms with Gasteiger partial charge in [-0.1, -0.05) is 54.6 Å². The average molecular weight is 365 g/mol. The van der Waals surface area contributed by atoms with E-state index in [0.29, 0.717) is 13.1 Å². The number of nitrogens with one attached hydrogen (secondary N) is 2. The second-order valence-electron chi connectivity index (χ2n) is 6.22. The quantitative estimate of drug-likeness (QED) is 0.460. The smallest absolute Gasteiger partial charge is 0.234 e. The molecule has 1 amide bonds. The van der Waals surface area contributed by atoms with E-state index in [4.69, 9.17) is 0 Å². The van der Waals surface area contributed by atoms with Crippen LogP contribution in [0, 0.1) is 0 Å². The van der Waals surface area contributed by atoms with E-state index in [1.165, 1.54) is 21.2 Å². The van der Waals surface area contributed by atoms with Crippen molar-refractivity contribution in [1.82, 2.24) is 10.6 Å². The molecule has 2 N–H and O–H groups in total. The molecule has 0 spiro atoms. The Hall–Kier alpha value is -2.30. The summed E-state index contributed by atoms with van der Waals surface area (Å²) in [6, 6.07) is 25.1. The molecule has 3 nitrogen and oxygen atoms in total. The lowest BCUT2D eigenvalue weighted by Gasteiger charge is -2.15. The molecule has 4 heteroatoms. The first-order valence-electron chi connectivity index (χ1n) is 8.89. The number of carbonyl (C=O) groups excluding carboxylic acids is 1. The summed E-state index contributed by atoms with van der Waals surface area (Å²) in [6.07, 6.45) is 0. The molecule has 0 heterocycles. The van der Waals surface area contributed by atoms with E-state index in [2.05, 4.69) is 60.0 Å². The highest BCUT2D eigenvalue weighted by Gasteiger charge is 2.08. The Morgan fingerprint density at radius 2 is 1.69 bits per heavy atom. The lowest BCUT2D eigenvalue weighted by Crippen LogP contribution is -2.36. The molecule has 0 aliphatic heterocycles. The number of rotatable bonds is 8. The van der Waals surface area contributed by atoms with Gasteiger partial charge in [0.15, 0.2) is 0 Å². The molecule has 1 unspecified atom stereocenters. The summed E-state index contributed by atoms with van der Waals surface area (Å²) in [5.74, 6) is 0.905. The minimum absolute atomic E-state index is 0.0336. The van der Waals surface area contributed by atoms with Gasteiger partial charge in [-0.3, -0.25) is 4.79 Å². The molecule has 3 aromatic rings. The minimum Gasteiger partial charge on any atom is -0.354 e. The zero-order valence-corrected chi connectivity index (χ0v) is 15.8. The van der Waals surface area contributed by atoms with E-state index in [9.17, 15) is 4.79 Å². The van der Waals surface area contributed by atoms with Gasteiger partial charge in [0.05, 0.1) is 6.54 Å². The molecule has 0 fully saturated rings. The van der Waals surface area contributed by atoms with Crippen LogP contribution in [0.15, 0.2) is 77.7 Å². The minimum atomic E-state index is 0.0336. The molecule has 0 aromatic heterocycles. The van der Waals surface area contributed by atoms with Crippen LogP contribution in [0.5, 0.6) is 0 Å². The highest BCUT2D eigenvalue weighted by atomic mass is 32.2. The van der Waals surface area contributed by atoms with Crippen molar-refractivity contribution < 1.29 is 4.79 Å². The molecule has 0 aliphatic carbocycles. The summed E-state index contributed by atoms with van der Waals surface area (Å²) in [6.45, 7) is 3.08. The van der Waals surface area contributed by atoms with Crippen LogP contribution < -0.4 is 10.6 Å². The first-order chi connectivity index (χ1) is 12.7. The maximum Gasteiger partial charge on any atom is 0.234 e. The van der Waals surface area contributed by atoms with Crippen LogP contribution in [0.25, 0.3) is 10.8 Å². The van der Waals surface area contributed by atoms with Gasteiger partial charge in [0.1, 0.15) is 0 Å². The van der Waals surface area contributed by atoms with E-state index >= 15 is 0 Å². The summed E-state index contributed by atoms with van der Waals surface area (Å²) in [7, 11) is 0. The van der Waals surface area contributed by atoms with E-state index in [-0.39, 0.29) is 11.9 Å². The third-order valence-corrected chi connectivity index (χ3v) is 5.29. The fourth-order valence-electron chi connectivity index (χ4n) is 2.78. The van der Waals surface area contributed by atoms with Crippen LogP contribution >= 0.6 is 11.8 Å². The largest absolute Gasteiger partial charge is 0.354 e. The Bertz CT molecular complexity index is 851. The number of fused-ring (bicyclic) bond motifs is 1. The molecule has 3 aromatic carbocycles. The van der Waals surface area contributed by atoms with Gasteiger partial charge in [-0.25, -0.2) is 0 Å². The monoisotopic (exact) mass is 364 g/mol. The van der Waals surface area contributed by atoms with Crippen LogP contribution in [-0.4, -0.2) is 24.7 Å². The highest BCUT2D eigenvalue weighted by molar-refractivity contribution is 7.99. The topological polar surface area (TPSA) is 41.1 Å². The van der Waals surface area contributed by atoms with Crippen LogP contribution in [0.4, 0.5) is 0 Å². The second-order valence-corrected chi connectivity index (χ2v) is 7.39. The van der Waals surface area contributed by atoms with Crippen LogP contribution in [-0.2, 0) is 4.79 Å². The third-order valence-electron chi connectivity index (χ3n) is 4.28. The number of hydrogen-bond donors (Lipinski definition) is 2. The molecule has 0 saturated heterocycles. The van der Waals surface area contributed by atoms with Crippen molar-refractivity contribution in [2.45, 2.75) is 17.9 Å². The van der Waals surface area contributed by atoms with Crippen LogP contribution in [0.1, 0.15) is 18.5 Å². The van der Waals surface area contributed by atoms with Crippen LogP contribution in [0.3, 0.4) is 0 Å². The molecule has 0 radical (unpaired) electrons. The number of hydrogen-bond acceptors (Lipinski definition) is 3. The lowest BCUT2D eigenvalue weighted by molar-refractivity contribution is -0.120. The van der Waals surface area contributed by atoms with Gasteiger partial charge >= 0.3 is 0 Å². The van der Waals surface area contributed by atoms with Gasteiger partial charge in [-0.2, -0.15) is 0 Å². The molecular formula is C22H24N2OS. The summed E-state index contributed by atoms with van der Waals surface area (Å²) in [4.78, 5) is 13.2. The number of carbonyl (C=O) groups is 1. The van der Waals surface area contributed by atoms with Crippen molar-refractivity contribution in [3.8, 4) is 0 Å². The average Bonchev–Trinajstić information content (AvgIpc) is 2.70. The second kappa shape index (κ2) is 9.41. The number of benzene rings is 3. The van der Waals surface area contributed by atoms with Gasteiger partial charge < -0.3 is 10.6 Å². The molecule has 134 valence electrons. The van der Waals surface area contributed by atoms with E-state index < -0.39 is 0 Å². The van der Waals surface area contributed by atoms with Gasteiger partial charge in [0.2, 0.25) is 5.91 Å². The summed E-state index contributed by atoms with van der Waals surface area (Å²) in [5.41, 5.74) is 1.19. The fourth-order valence-corrected chi connectivity index (χ4v) is 3.57. The van der Waals surface area contributed by atoms with Crippen molar-refractivity contribution >= 4 is 28.4 Å². The van der Waals surface area contributed by atoms with Gasteiger partial charge in [0.25, 0.3) is 0 Å². The standard InChI is InChI=1S/C22H24N2OS/c1-17(19-12-11-18-7-5-6-8-20(18)15-19)24-16-22(25)23-13-14-26-21-9-3-2-4-10-21/h2-12,15,17,24H,13-14,16H2,1H3,(H,23,25). The molecule has 1 atom stereocenters. The van der Waals surface area contributed by atoms with Crippen LogP contribution in [0.2, 0.25) is 0 Å². The van der Waals surface area contributed by atoms with Gasteiger partial charge in [-0.05, 0) is 41.5 Å². The summed E-state index contributed by atoms with van der Waals surface area (Å²) < 4.78 is 0. The van der Waals surface area contributed by atoms with Crippen molar-refractivity contribution in [3.63, 3.8) is 0 Å². The summed E-state index contributed by atoms with van der Waals surface area (Å²) >= 11 is 1.75. The Labute approximate surface area is 159 Å². The Morgan fingerprint density at radius 3 is 2.50 bits per heavy atom. The number of amides is 1. The highest BCUT2D eigenvalue weighted by Crippen LogP contribution is 2.20. The zero-order valence-electron chi connectivity index (χ0n) is 14.9. The Balaban J connectivity index is 1.40. The van der Waals surface area contributed by atoms with E-state index in [0.717, 1.165) is 5.75 Å². The summed E-state index contributed by atoms with van der Waals surface area (Å²) in [5, 5.41) is 8.73. The van der Waals surface area contributed by atoms with E-state index in [1.54, 1.807) is 11.8 Å². The molecule has 3 rings (SSSR count). The predicted octanol–water partition coefficient (Wildman–Crippen LogP) is 4.40. The molecule has 0 aliphatic rings. The molecular weight excluding hydrogens is 340 g/mol. The molecule has 26 heavy (non-hydrogen) atoms. The lowest BCUT2D eigenvalue weighted by atomic mass is 10.0. The van der Waals surface area contributed by atoms with Crippen molar-refractivity contribution in [2.75, 3.05) is 18.8 Å². The first kappa shape index (κ1) is 18.5. The van der Waals surface area contributed by atoms with Gasteiger partial charge in [-0.15, -0.1) is 11.8 Å². The fraction of sp³-hybridized carbons (Fsp3) is 0.227. The van der Waals surface area contributed by atoms with Crippen molar-refractivity contribution in [2.24, 2.45) is 0 Å². The maximum atomic E-state index is 12.0. The maximum absolute atomic E-state index is 12.0. The number of thioether (sulfide) groups is 1. The van der Waals surface area contributed by atoms with E-state index in [1.807, 2.05) is 30.3 Å². The SMILES string of the molecule is CC(NCC(=O)NCCSc1ccccc1)c1ccc2ccccc2c1.